The Morgan fingerprint density at radius 1 is 1.29 bits per heavy atom. The van der Waals surface area contributed by atoms with Crippen LogP contribution in [0.3, 0.4) is 0 Å². The minimum absolute atomic E-state index is 0.0402. The van der Waals surface area contributed by atoms with E-state index in [0.29, 0.717) is 12.3 Å². The number of benzene rings is 1. The molecule has 0 spiro atoms. The fraction of sp³-hybridized carbons (Fsp3) is 0.450. The van der Waals surface area contributed by atoms with E-state index in [1.54, 1.807) is 13.4 Å². The van der Waals surface area contributed by atoms with Gasteiger partial charge >= 0.3 is 0 Å². The number of carbonyl (C=O) groups is 1. The van der Waals surface area contributed by atoms with Crippen molar-refractivity contribution in [3.05, 3.63) is 42.2 Å². The zero-order valence-electron chi connectivity index (χ0n) is 16.4. The van der Waals surface area contributed by atoms with Crippen molar-refractivity contribution in [1.29, 1.82) is 0 Å². The molecule has 0 radical (unpaired) electrons. The molecule has 2 heterocycles. The Kier molecular flexibility index (Phi) is 7.11. The lowest BCUT2D eigenvalue weighted by atomic mass is 10.2. The van der Waals surface area contributed by atoms with Gasteiger partial charge in [-0.1, -0.05) is 23.9 Å². The molecule has 2 atom stereocenters. The third kappa shape index (κ3) is 5.84. The zero-order valence-corrected chi connectivity index (χ0v) is 17.2. The summed E-state index contributed by atoms with van der Waals surface area (Å²) in [6.07, 6.45) is 1.88. The molecule has 0 bridgehead atoms. The van der Waals surface area contributed by atoms with Crippen LogP contribution in [0.5, 0.6) is 5.75 Å². The number of hydrogen-bond donors (Lipinski definition) is 1. The molecule has 1 amide bonds. The van der Waals surface area contributed by atoms with E-state index in [1.807, 2.05) is 30.3 Å². The predicted molar refractivity (Wildman–Crippen MR) is 110 cm³/mol. The SMILES string of the molecule is COc1cccc(CNC(=O)CSc2cc(N3CC(C)OC(C)C3)ncn2)c1. The molecule has 2 aromatic rings. The third-order valence-corrected chi connectivity index (χ3v) is 5.27. The van der Waals surface area contributed by atoms with E-state index in [2.05, 4.69) is 34.0 Å². The highest BCUT2D eigenvalue weighted by molar-refractivity contribution is 7.99. The van der Waals surface area contributed by atoms with Crippen molar-refractivity contribution >= 4 is 23.5 Å². The van der Waals surface area contributed by atoms with Crippen molar-refractivity contribution in [2.24, 2.45) is 0 Å². The van der Waals surface area contributed by atoms with Crippen molar-refractivity contribution in [2.45, 2.75) is 37.6 Å². The minimum atomic E-state index is -0.0402. The van der Waals surface area contributed by atoms with Crippen molar-refractivity contribution in [3.63, 3.8) is 0 Å². The van der Waals surface area contributed by atoms with Gasteiger partial charge in [0.1, 0.15) is 22.9 Å². The molecule has 1 saturated heterocycles. The van der Waals surface area contributed by atoms with E-state index in [9.17, 15) is 4.79 Å². The van der Waals surface area contributed by atoms with Crippen LogP contribution in [0.2, 0.25) is 0 Å². The van der Waals surface area contributed by atoms with Gasteiger partial charge < -0.3 is 19.7 Å². The van der Waals surface area contributed by atoms with Crippen molar-refractivity contribution < 1.29 is 14.3 Å². The van der Waals surface area contributed by atoms with Gasteiger partial charge in [0, 0.05) is 25.7 Å². The number of hydrogen-bond acceptors (Lipinski definition) is 7. The van der Waals surface area contributed by atoms with Gasteiger partial charge in [-0.05, 0) is 31.5 Å². The van der Waals surface area contributed by atoms with Crippen LogP contribution in [-0.2, 0) is 16.1 Å². The Morgan fingerprint density at radius 3 is 2.82 bits per heavy atom. The first-order chi connectivity index (χ1) is 13.5. The van der Waals surface area contributed by atoms with Gasteiger partial charge in [0.25, 0.3) is 0 Å². The summed E-state index contributed by atoms with van der Waals surface area (Å²) in [6, 6.07) is 9.59. The average Bonchev–Trinajstić information content (AvgIpc) is 2.70. The van der Waals surface area contributed by atoms with Crippen LogP contribution in [0.4, 0.5) is 5.82 Å². The molecule has 150 valence electrons. The van der Waals surface area contributed by atoms with Gasteiger partial charge in [0.2, 0.25) is 5.91 Å². The highest BCUT2D eigenvalue weighted by Gasteiger charge is 2.23. The van der Waals surface area contributed by atoms with Gasteiger partial charge in [-0.3, -0.25) is 4.79 Å². The van der Waals surface area contributed by atoms with E-state index in [4.69, 9.17) is 9.47 Å². The van der Waals surface area contributed by atoms with Gasteiger partial charge in [-0.15, -0.1) is 0 Å². The number of nitrogens with one attached hydrogen (secondary N) is 1. The number of methoxy groups -OCH3 is 1. The molecule has 0 saturated carbocycles. The Labute approximate surface area is 169 Å². The number of rotatable bonds is 7. The summed E-state index contributed by atoms with van der Waals surface area (Å²) < 4.78 is 11.0. The maximum absolute atomic E-state index is 12.2. The molecule has 0 aliphatic carbocycles. The summed E-state index contributed by atoms with van der Waals surface area (Å²) in [6.45, 7) is 6.19. The minimum Gasteiger partial charge on any atom is -0.497 e. The van der Waals surface area contributed by atoms with Crippen molar-refractivity contribution in [1.82, 2.24) is 15.3 Å². The lowest BCUT2D eigenvalue weighted by Crippen LogP contribution is -2.45. The summed E-state index contributed by atoms with van der Waals surface area (Å²) in [4.78, 5) is 23.1. The van der Waals surface area contributed by atoms with Gasteiger partial charge in [0.05, 0.1) is 25.1 Å². The van der Waals surface area contributed by atoms with Gasteiger partial charge in [-0.2, -0.15) is 0 Å². The fourth-order valence-electron chi connectivity index (χ4n) is 3.12. The summed E-state index contributed by atoms with van der Waals surface area (Å²) in [7, 11) is 1.63. The largest absolute Gasteiger partial charge is 0.497 e. The quantitative estimate of drug-likeness (QED) is 0.563. The van der Waals surface area contributed by atoms with Crippen LogP contribution < -0.4 is 15.0 Å². The van der Waals surface area contributed by atoms with E-state index in [0.717, 1.165) is 35.2 Å². The molecular weight excluding hydrogens is 376 g/mol. The Balaban J connectivity index is 1.50. The maximum atomic E-state index is 12.2. The third-order valence-electron chi connectivity index (χ3n) is 4.35. The zero-order chi connectivity index (χ0) is 19.9. The monoisotopic (exact) mass is 402 g/mol. The predicted octanol–water partition coefficient (Wildman–Crippen LogP) is 2.51. The standard InChI is InChI=1S/C20H26N4O3S/c1-14-10-24(11-15(2)27-14)18-8-20(23-13-22-18)28-12-19(25)21-9-16-5-4-6-17(7-16)26-3/h4-8,13-15H,9-12H2,1-3H3,(H,21,25). The van der Waals surface area contributed by atoms with E-state index in [1.165, 1.54) is 11.8 Å². The Hall–Kier alpha value is -2.32. The summed E-state index contributed by atoms with van der Waals surface area (Å²) in [5, 5.41) is 3.71. The molecule has 8 heteroatoms. The summed E-state index contributed by atoms with van der Waals surface area (Å²) in [5.41, 5.74) is 0.998. The number of nitrogens with zero attached hydrogens (tertiary/aromatic N) is 3. The highest BCUT2D eigenvalue weighted by Crippen LogP contribution is 2.22. The molecule has 1 aromatic heterocycles. The number of ether oxygens (including phenoxy) is 2. The Bertz CT molecular complexity index is 795. The maximum Gasteiger partial charge on any atom is 0.230 e. The molecule has 7 nitrogen and oxygen atoms in total. The molecule has 3 rings (SSSR count). The van der Waals surface area contributed by atoms with Crippen molar-refractivity contribution in [2.75, 3.05) is 30.9 Å². The second-order valence-electron chi connectivity index (χ2n) is 6.79. The number of aromatic nitrogens is 2. The van der Waals surface area contributed by atoms with Crippen LogP contribution >= 0.6 is 11.8 Å². The molecule has 1 aromatic carbocycles. The van der Waals surface area contributed by atoms with Crippen LogP contribution in [0.25, 0.3) is 0 Å². The van der Waals surface area contributed by atoms with E-state index >= 15 is 0 Å². The number of anilines is 1. The number of amides is 1. The highest BCUT2D eigenvalue weighted by atomic mass is 32.2. The van der Waals surface area contributed by atoms with Crippen LogP contribution in [0.15, 0.2) is 41.7 Å². The second kappa shape index (κ2) is 9.75. The summed E-state index contributed by atoms with van der Waals surface area (Å²) >= 11 is 1.41. The number of carbonyl (C=O) groups excluding carboxylic acids is 1. The molecule has 1 aliphatic rings. The molecule has 1 N–H and O–H groups in total. The summed E-state index contributed by atoms with van der Waals surface area (Å²) in [5.74, 6) is 1.91. The number of morpholine rings is 1. The average molecular weight is 403 g/mol. The van der Waals surface area contributed by atoms with Crippen LogP contribution in [-0.4, -0.2) is 54.0 Å². The van der Waals surface area contributed by atoms with Crippen LogP contribution in [0, 0.1) is 0 Å². The van der Waals surface area contributed by atoms with E-state index in [-0.39, 0.29) is 18.1 Å². The molecule has 28 heavy (non-hydrogen) atoms. The first kappa shape index (κ1) is 20.4. The van der Waals surface area contributed by atoms with Gasteiger partial charge in [0.15, 0.2) is 0 Å². The topological polar surface area (TPSA) is 76.6 Å². The first-order valence-corrected chi connectivity index (χ1v) is 10.3. The van der Waals surface area contributed by atoms with Gasteiger partial charge in [-0.25, -0.2) is 9.97 Å². The smallest absolute Gasteiger partial charge is 0.230 e. The van der Waals surface area contributed by atoms with Crippen molar-refractivity contribution in [3.8, 4) is 5.75 Å². The Morgan fingerprint density at radius 2 is 2.07 bits per heavy atom. The van der Waals surface area contributed by atoms with E-state index < -0.39 is 0 Å². The molecule has 1 aliphatic heterocycles. The molecule has 1 fully saturated rings. The fourth-order valence-corrected chi connectivity index (χ4v) is 3.81. The normalized spacial score (nSPS) is 19.3. The number of thioether (sulfide) groups is 1. The second-order valence-corrected chi connectivity index (χ2v) is 7.79. The lowest BCUT2D eigenvalue weighted by molar-refractivity contribution is -0.118. The van der Waals surface area contributed by atoms with Crippen LogP contribution in [0.1, 0.15) is 19.4 Å². The lowest BCUT2D eigenvalue weighted by Gasteiger charge is -2.36. The molecule has 2 unspecified atom stereocenters. The first-order valence-electron chi connectivity index (χ1n) is 9.28. The molecular formula is C20H26N4O3S.